The summed E-state index contributed by atoms with van der Waals surface area (Å²) in [5.74, 6) is -1.01. The van der Waals surface area contributed by atoms with Gasteiger partial charge in [0.2, 0.25) is 5.91 Å². The number of carbonyl (C=O) groups excluding carboxylic acids is 3. The van der Waals surface area contributed by atoms with Gasteiger partial charge in [-0.3, -0.25) is 14.4 Å². The Bertz CT molecular complexity index is 961. The number of carbonyl (C=O) groups is 3. The van der Waals surface area contributed by atoms with Gasteiger partial charge in [-0.2, -0.15) is 0 Å². The second-order valence-electron chi connectivity index (χ2n) is 7.14. The average molecular weight is 489 g/mol. The SMILES string of the molecule is CCOc1ccc(N2C[C@H](C(=O)OCC(=O)Nc3ccc(Br)cc3CC)CC2=O)cc1. The van der Waals surface area contributed by atoms with Gasteiger partial charge >= 0.3 is 5.97 Å². The fraction of sp³-hybridized carbons (Fsp3) is 0.348. The van der Waals surface area contributed by atoms with Crippen LogP contribution in [0.5, 0.6) is 5.75 Å². The normalized spacial score (nSPS) is 15.6. The largest absolute Gasteiger partial charge is 0.494 e. The Hall–Kier alpha value is -2.87. The van der Waals surface area contributed by atoms with Crippen molar-refractivity contribution >= 4 is 45.1 Å². The minimum atomic E-state index is -0.606. The third-order valence-electron chi connectivity index (χ3n) is 4.99. The number of nitrogens with one attached hydrogen (secondary N) is 1. The number of benzene rings is 2. The molecule has 2 aromatic rings. The topological polar surface area (TPSA) is 84.9 Å². The minimum Gasteiger partial charge on any atom is -0.494 e. The highest BCUT2D eigenvalue weighted by Crippen LogP contribution is 2.27. The molecule has 3 rings (SSSR count). The first kappa shape index (κ1) is 22.8. The first-order valence-electron chi connectivity index (χ1n) is 10.2. The van der Waals surface area contributed by atoms with E-state index in [9.17, 15) is 14.4 Å². The number of esters is 1. The Kier molecular flexibility index (Phi) is 7.68. The molecule has 7 nitrogen and oxygen atoms in total. The van der Waals surface area contributed by atoms with Crippen LogP contribution in [0.15, 0.2) is 46.9 Å². The summed E-state index contributed by atoms with van der Waals surface area (Å²) in [5.41, 5.74) is 2.36. The maximum atomic E-state index is 12.4. The van der Waals surface area contributed by atoms with E-state index in [1.165, 1.54) is 0 Å². The molecule has 8 heteroatoms. The van der Waals surface area contributed by atoms with Crippen molar-refractivity contribution in [3.05, 3.63) is 52.5 Å². The van der Waals surface area contributed by atoms with Crippen molar-refractivity contribution in [2.45, 2.75) is 26.7 Å². The van der Waals surface area contributed by atoms with Crippen LogP contribution in [0.3, 0.4) is 0 Å². The Balaban J connectivity index is 1.53. The van der Waals surface area contributed by atoms with Gasteiger partial charge in [-0.1, -0.05) is 22.9 Å². The van der Waals surface area contributed by atoms with Crippen LogP contribution in [0.4, 0.5) is 11.4 Å². The van der Waals surface area contributed by atoms with Crippen LogP contribution in [0.2, 0.25) is 0 Å². The minimum absolute atomic E-state index is 0.0559. The van der Waals surface area contributed by atoms with Crippen molar-refractivity contribution in [3.63, 3.8) is 0 Å². The summed E-state index contributed by atoms with van der Waals surface area (Å²) in [5, 5.41) is 2.77. The average Bonchev–Trinajstić information content (AvgIpc) is 3.15. The summed E-state index contributed by atoms with van der Waals surface area (Å²) in [4.78, 5) is 38.6. The maximum absolute atomic E-state index is 12.4. The molecule has 1 N–H and O–H groups in total. The lowest BCUT2D eigenvalue weighted by atomic mass is 10.1. The second kappa shape index (κ2) is 10.4. The third kappa shape index (κ3) is 5.85. The zero-order chi connectivity index (χ0) is 22.4. The maximum Gasteiger partial charge on any atom is 0.311 e. The number of hydrogen-bond acceptors (Lipinski definition) is 5. The molecule has 1 aliphatic heterocycles. The van der Waals surface area contributed by atoms with E-state index in [0.29, 0.717) is 18.0 Å². The van der Waals surface area contributed by atoms with E-state index in [4.69, 9.17) is 9.47 Å². The van der Waals surface area contributed by atoms with Gasteiger partial charge in [0.15, 0.2) is 6.61 Å². The number of halogens is 1. The van der Waals surface area contributed by atoms with Crippen LogP contribution in [0.1, 0.15) is 25.8 Å². The molecule has 1 heterocycles. The van der Waals surface area contributed by atoms with Gasteiger partial charge in [0.05, 0.1) is 12.5 Å². The zero-order valence-electron chi connectivity index (χ0n) is 17.5. The molecule has 0 saturated carbocycles. The highest BCUT2D eigenvalue weighted by Gasteiger charge is 2.36. The summed E-state index contributed by atoms with van der Waals surface area (Å²) < 4.78 is 11.5. The lowest BCUT2D eigenvalue weighted by molar-refractivity contribution is -0.151. The molecule has 0 aliphatic carbocycles. The summed E-state index contributed by atoms with van der Waals surface area (Å²) in [7, 11) is 0. The van der Waals surface area contributed by atoms with Crippen molar-refractivity contribution < 1.29 is 23.9 Å². The van der Waals surface area contributed by atoms with Crippen molar-refractivity contribution in [3.8, 4) is 5.75 Å². The summed E-state index contributed by atoms with van der Waals surface area (Å²) in [6, 6.07) is 12.7. The number of anilines is 2. The molecule has 31 heavy (non-hydrogen) atoms. The molecule has 1 fully saturated rings. The van der Waals surface area contributed by atoms with Gasteiger partial charge in [0.1, 0.15) is 5.75 Å². The van der Waals surface area contributed by atoms with Gasteiger partial charge in [-0.25, -0.2) is 0 Å². The predicted octanol–water partition coefficient (Wildman–Crippen LogP) is 3.95. The highest BCUT2D eigenvalue weighted by molar-refractivity contribution is 9.10. The quantitative estimate of drug-likeness (QED) is 0.568. The fourth-order valence-electron chi connectivity index (χ4n) is 3.42. The van der Waals surface area contributed by atoms with E-state index in [-0.39, 0.29) is 18.9 Å². The van der Waals surface area contributed by atoms with Crippen molar-refractivity contribution in [2.24, 2.45) is 5.92 Å². The number of rotatable bonds is 8. The molecule has 164 valence electrons. The smallest absolute Gasteiger partial charge is 0.311 e. The van der Waals surface area contributed by atoms with E-state index in [1.807, 2.05) is 26.0 Å². The standard InChI is InChI=1S/C23H25BrN2O5/c1-3-15-11-17(24)5-10-20(15)25-21(27)14-31-23(29)16-12-22(28)26(13-16)18-6-8-19(9-7-18)30-4-2/h5-11,16H,3-4,12-14H2,1-2H3,(H,25,27)/t16-/m1/s1. The monoisotopic (exact) mass is 488 g/mol. The molecule has 1 atom stereocenters. The molecular weight excluding hydrogens is 464 g/mol. The summed E-state index contributed by atoms with van der Waals surface area (Å²) >= 11 is 3.41. The Morgan fingerprint density at radius 3 is 2.58 bits per heavy atom. The lowest BCUT2D eigenvalue weighted by Gasteiger charge is -2.17. The van der Waals surface area contributed by atoms with E-state index >= 15 is 0 Å². The molecule has 2 amide bonds. The number of hydrogen-bond donors (Lipinski definition) is 1. The van der Waals surface area contributed by atoms with Crippen LogP contribution in [0.25, 0.3) is 0 Å². The molecule has 0 bridgehead atoms. The fourth-order valence-corrected chi connectivity index (χ4v) is 3.83. The summed E-state index contributed by atoms with van der Waals surface area (Å²) in [6.45, 7) is 4.28. The lowest BCUT2D eigenvalue weighted by Crippen LogP contribution is -2.28. The van der Waals surface area contributed by atoms with E-state index in [1.54, 1.807) is 35.2 Å². The molecular formula is C23H25BrN2O5. The Morgan fingerprint density at radius 2 is 1.90 bits per heavy atom. The van der Waals surface area contributed by atoms with E-state index in [0.717, 1.165) is 22.2 Å². The molecule has 0 unspecified atom stereocenters. The van der Waals surface area contributed by atoms with E-state index < -0.39 is 24.4 Å². The first-order chi connectivity index (χ1) is 14.9. The summed E-state index contributed by atoms with van der Waals surface area (Å²) in [6.07, 6.45) is 0.806. The molecule has 0 radical (unpaired) electrons. The predicted molar refractivity (Wildman–Crippen MR) is 121 cm³/mol. The number of nitrogens with zero attached hydrogens (tertiary/aromatic N) is 1. The van der Waals surface area contributed by atoms with Crippen LogP contribution >= 0.6 is 15.9 Å². The second-order valence-corrected chi connectivity index (χ2v) is 8.06. The van der Waals surface area contributed by atoms with Gasteiger partial charge in [-0.05, 0) is 61.4 Å². The van der Waals surface area contributed by atoms with Crippen LogP contribution < -0.4 is 15.0 Å². The molecule has 0 spiro atoms. The molecule has 2 aromatic carbocycles. The Labute approximate surface area is 189 Å². The third-order valence-corrected chi connectivity index (χ3v) is 5.48. The molecule has 1 aliphatic rings. The van der Waals surface area contributed by atoms with Crippen LogP contribution in [-0.4, -0.2) is 37.5 Å². The van der Waals surface area contributed by atoms with Crippen LogP contribution in [-0.2, 0) is 25.5 Å². The number of aryl methyl sites for hydroxylation is 1. The highest BCUT2D eigenvalue weighted by atomic mass is 79.9. The van der Waals surface area contributed by atoms with Gasteiger partial charge in [-0.15, -0.1) is 0 Å². The zero-order valence-corrected chi connectivity index (χ0v) is 19.1. The molecule has 0 aromatic heterocycles. The van der Waals surface area contributed by atoms with Gasteiger partial charge in [0, 0.05) is 28.8 Å². The van der Waals surface area contributed by atoms with Gasteiger partial charge < -0.3 is 19.7 Å². The van der Waals surface area contributed by atoms with Crippen LogP contribution in [0, 0.1) is 5.92 Å². The van der Waals surface area contributed by atoms with Crippen molar-refractivity contribution in [1.82, 2.24) is 0 Å². The Morgan fingerprint density at radius 1 is 1.16 bits per heavy atom. The van der Waals surface area contributed by atoms with Crippen molar-refractivity contribution in [1.29, 1.82) is 0 Å². The molecule has 1 saturated heterocycles. The van der Waals surface area contributed by atoms with Crippen molar-refractivity contribution in [2.75, 3.05) is 30.0 Å². The number of ether oxygens (including phenoxy) is 2. The number of amides is 2. The van der Waals surface area contributed by atoms with E-state index in [2.05, 4.69) is 21.2 Å². The van der Waals surface area contributed by atoms with Gasteiger partial charge in [0.25, 0.3) is 5.91 Å². The first-order valence-corrected chi connectivity index (χ1v) is 11.0.